The minimum Gasteiger partial charge on any atom is -0.493 e. The van der Waals surface area contributed by atoms with E-state index >= 15 is 0 Å². The lowest BCUT2D eigenvalue weighted by molar-refractivity contribution is 0.271. The van der Waals surface area contributed by atoms with Crippen LogP contribution in [0.2, 0.25) is 0 Å². The largest absolute Gasteiger partial charge is 0.493 e. The Hall–Kier alpha value is -1.82. The van der Waals surface area contributed by atoms with Crippen molar-refractivity contribution in [3.63, 3.8) is 0 Å². The summed E-state index contributed by atoms with van der Waals surface area (Å²) in [5.74, 6) is 2.53. The molecule has 2 rings (SSSR count). The molecule has 0 aliphatic carbocycles. The van der Waals surface area contributed by atoms with Crippen molar-refractivity contribution in [2.45, 2.75) is 38.8 Å². The lowest BCUT2D eigenvalue weighted by Gasteiger charge is -2.08. The maximum atomic E-state index is 5.69. The normalized spacial score (nSPS) is 11.8. The Bertz CT molecular complexity index is 647. The minimum absolute atomic E-state index is 0.271. The highest BCUT2D eigenvalue weighted by Gasteiger charge is 2.13. The van der Waals surface area contributed by atoms with Crippen molar-refractivity contribution in [1.29, 1.82) is 0 Å². The number of hydrogen-bond acceptors (Lipinski definition) is 5. The molecule has 0 bridgehead atoms. The first-order valence-electron chi connectivity index (χ1n) is 7.77. The van der Waals surface area contributed by atoms with E-state index in [4.69, 9.17) is 4.74 Å². The fraction of sp³-hybridized carbons (Fsp3) is 0.471. The zero-order valence-corrected chi connectivity index (χ0v) is 15.2. The van der Waals surface area contributed by atoms with Crippen LogP contribution < -0.4 is 4.74 Å². The van der Waals surface area contributed by atoms with Crippen molar-refractivity contribution < 1.29 is 4.74 Å². The van der Waals surface area contributed by atoms with E-state index in [-0.39, 0.29) is 5.92 Å². The van der Waals surface area contributed by atoms with Gasteiger partial charge in [-0.1, -0.05) is 39.5 Å². The van der Waals surface area contributed by atoms with Crippen molar-refractivity contribution in [3.05, 3.63) is 35.7 Å². The first-order chi connectivity index (χ1) is 11.0. The molecule has 23 heavy (non-hydrogen) atoms. The van der Waals surface area contributed by atoms with Gasteiger partial charge in [0.05, 0.1) is 12.8 Å². The van der Waals surface area contributed by atoms with Gasteiger partial charge in [-0.2, -0.15) is 9.78 Å². The summed E-state index contributed by atoms with van der Waals surface area (Å²) in [6.45, 7) is 9.16. The first-order valence-corrected chi connectivity index (χ1v) is 9.00. The molecule has 124 valence electrons. The van der Waals surface area contributed by atoms with E-state index in [1.54, 1.807) is 4.68 Å². The molecule has 0 aliphatic heterocycles. The molecule has 2 aromatic rings. The number of thioether (sulfide) groups is 1. The summed E-state index contributed by atoms with van der Waals surface area (Å²) in [5.41, 5.74) is 1.01. The van der Waals surface area contributed by atoms with Crippen LogP contribution in [0.4, 0.5) is 0 Å². The van der Waals surface area contributed by atoms with Gasteiger partial charge in [-0.25, -0.2) is 0 Å². The second-order valence-electron chi connectivity index (χ2n) is 6.03. The molecule has 0 aliphatic rings. The molecule has 1 aromatic carbocycles. The molecule has 1 heterocycles. The minimum atomic E-state index is 0.271. The Morgan fingerprint density at radius 2 is 1.87 bits per heavy atom. The summed E-state index contributed by atoms with van der Waals surface area (Å²) in [7, 11) is 0. The molecule has 0 saturated heterocycles. The molecule has 0 radical (unpaired) electrons. The van der Waals surface area contributed by atoms with E-state index in [1.165, 1.54) is 11.8 Å². The third kappa shape index (κ3) is 4.82. The first kappa shape index (κ1) is 17.5. The number of benzene rings is 1. The van der Waals surface area contributed by atoms with Gasteiger partial charge in [0.1, 0.15) is 5.75 Å². The summed E-state index contributed by atoms with van der Waals surface area (Å²) < 4.78 is 7.49. The quantitative estimate of drug-likeness (QED) is 0.567. The summed E-state index contributed by atoms with van der Waals surface area (Å²) in [6, 6.07) is 7.93. The molecular weight excluding hydrogens is 308 g/mol. The molecule has 6 heteroatoms. The molecule has 5 nitrogen and oxygen atoms in total. The van der Waals surface area contributed by atoms with E-state index in [9.17, 15) is 0 Å². The summed E-state index contributed by atoms with van der Waals surface area (Å²) in [6.07, 6.45) is 3.79. The van der Waals surface area contributed by atoms with E-state index < -0.39 is 0 Å². The van der Waals surface area contributed by atoms with Gasteiger partial charge in [-0.15, -0.1) is 10.2 Å². The SMILES string of the molecule is CSc1nnc(C(C)C)n1/N=C\c1ccc(OCC(C)C)cc1. The van der Waals surface area contributed by atoms with Gasteiger partial charge in [0.25, 0.3) is 0 Å². The fourth-order valence-corrected chi connectivity index (χ4v) is 2.35. The Morgan fingerprint density at radius 3 is 2.43 bits per heavy atom. The lowest BCUT2D eigenvalue weighted by atomic mass is 10.2. The van der Waals surface area contributed by atoms with Crippen LogP contribution in [0.25, 0.3) is 0 Å². The second kappa shape index (κ2) is 8.15. The Balaban J connectivity index is 2.13. The number of nitrogens with zero attached hydrogens (tertiary/aromatic N) is 4. The van der Waals surface area contributed by atoms with Crippen molar-refractivity contribution in [2.75, 3.05) is 12.9 Å². The Morgan fingerprint density at radius 1 is 1.17 bits per heavy atom. The van der Waals surface area contributed by atoms with Crippen molar-refractivity contribution >= 4 is 18.0 Å². The van der Waals surface area contributed by atoms with E-state index in [0.717, 1.165) is 28.9 Å². The third-order valence-electron chi connectivity index (χ3n) is 3.12. The molecular formula is C17H24N4OS. The molecule has 0 N–H and O–H groups in total. The average molecular weight is 332 g/mol. The number of ether oxygens (including phenoxy) is 1. The molecule has 0 unspecified atom stereocenters. The van der Waals surface area contributed by atoms with Crippen LogP contribution in [0.1, 0.15) is 45.0 Å². The topological polar surface area (TPSA) is 52.3 Å². The molecule has 0 saturated carbocycles. The van der Waals surface area contributed by atoms with E-state index in [0.29, 0.717) is 5.92 Å². The van der Waals surface area contributed by atoms with Gasteiger partial charge < -0.3 is 4.74 Å². The molecule has 0 fully saturated rings. The maximum absolute atomic E-state index is 5.69. The third-order valence-corrected chi connectivity index (χ3v) is 3.74. The zero-order chi connectivity index (χ0) is 16.8. The standard InChI is InChI=1S/C17H24N4OS/c1-12(2)11-22-15-8-6-14(7-9-15)10-18-21-16(13(3)4)19-20-17(21)23-5/h6-10,12-13H,11H2,1-5H3/b18-10-. The van der Waals surface area contributed by atoms with Gasteiger partial charge in [-0.05, 0) is 42.0 Å². The molecule has 0 atom stereocenters. The highest BCUT2D eigenvalue weighted by Crippen LogP contribution is 2.19. The smallest absolute Gasteiger partial charge is 0.211 e. The van der Waals surface area contributed by atoms with Gasteiger partial charge in [0.15, 0.2) is 5.82 Å². The lowest BCUT2D eigenvalue weighted by Crippen LogP contribution is -2.04. The summed E-state index contributed by atoms with van der Waals surface area (Å²) in [4.78, 5) is 0. The maximum Gasteiger partial charge on any atom is 0.211 e. The number of hydrogen-bond donors (Lipinski definition) is 0. The van der Waals surface area contributed by atoms with Crippen molar-refractivity contribution in [3.8, 4) is 5.75 Å². The van der Waals surface area contributed by atoms with Gasteiger partial charge in [-0.3, -0.25) is 0 Å². The van der Waals surface area contributed by atoms with Crippen molar-refractivity contribution in [1.82, 2.24) is 14.9 Å². The van der Waals surface area contributed by atoms with Crippen LogP contribution in [0.3, 0.4) is 0 Å². The van der Waals surface area contributed by atoms with Gasteiger partial charge in [0, 0.05) is 5.92 Å². The summed E-state index contributed by atoms with van der Waals surface area (Å²) >= 11 is 1.54. The van der Waals surface area contributed by atoms with Crippen LogP contribution in [0.15, 0.2) is 34.5 Å². The highest BCUT2D eigenvalue weighted by atomic mass is 32.2. The van der Waals surface area contributed by atoms with E-state index in [2.05, 4.69) is 43.0 Å². The predicted octanol–water partition coefficient (Wildman–Crippen LogP) is 4.04. The summed E-state index contributed by atoms with van der Waals surface area (Å²) in [5, 5.41) is 13.7. The molecule has 1 aromatic heterocycles. The van der Waals surface area contributed by atoms with Crippen LogP contribution in [-0.2, 0) is 0 Å². The molecule has 0 amide bonds. The van der Waals surface area contributed by atoms with Gasteiger partial charge in [0.2, 0.25) is 5.16 Å². The van der Waals surface area contributed by atoms with Crippen LogP contribution in [0.5, 0.6) is 5.75 Å². The Kier molecular flexibility index (Phi) is 6.21. The van der Waals surface area contributed by atoms with E-state index in [1.807, 2.05) is 36.7 Å². The van der Waals surface area contributed by atoms with Crippen molar-refractivity contribution in [2.24, 2.45) is 11.0 Å². The molecule has 0 spiro atoms. The average Bonchev–Trinajstić information content (AvgIpc) is 2.95. The monoisotopic (exact) mass is 332 g/mol. The van der Waals surface area contributed by atoms with Crippen LogP contribution >= 0.6 is 11.8 Å². The van der Waals surface area contributed by atoms with Crippen LogP contribution in [-0.4, -0.2) is 34.0 Å². The number of aromatic nitrogens is 3. The fourth-order valence-electron chi connectivity index (χ4n) is 1.91. The van der Waals surface area contributed by atoms with Crippen LogP contribution in [0, 0.1) is 5.92 Å². The zero-order valence-electron chi connectivity index (χ0n) is 14.4. The highest BCUT2D eigenvalue weighted by molar-refractivity contribution is 7.98. The van der Waals surface area contributed by atoms with Gasteiger partial charge >= 0.3 is 0 Å². The second-order valence-corrected chi connectivity index (χ2v) is 6.80. The predicted molar refractivity (Wildman–Crippen MR) is 95.7 cm³/mol. The Labute approximate surface area is 142 Å². The number of rotatable bonds is 7.